The highest BCUT2D eigenvalue weighted by molar-refractivity contribution is 5.89. The zero-order chi connectivity index (χ0) is 19.6. The molecule has 0 saturated carbocycles. The molecule has 7 heteroatoms. The second kappa shape index (κ2) is 10.3. The van der Waals surface area contributed by atoms with Crippen molar-refractivity contribution in [2.45, 2.75) is 38.3 Å². The highest BCUT2D eigenvalue weighted by atomic mass is 16.2. The Balaban J connectivity index is 1.69. The minimum absolute atomic E-state index is 0.248. The molecule has 6 N–H and O–H groups in total. The maximum Gasteiger partial charge on any atom is 0.242 e. The van der Waals surface area contributed by atoms with Gasteiger partial charge in [-0.25, -0.2) is 4.98 Å². The first-order valence-electron chi connectivity index (χ1n) is 9.03. The number of nitrogens with zero attached hydrogens (tertiary/aromatic N) is 1. The molecule has 27 heavy (non-hydrogen) atoms. The lowest BCUT2D eigenvalue weighted by Crippen LogP contribution is -2.50. The van der Waals surface area contributed by atoms with Gasteiger partial charge in [0.05, 0.1) is 6.04 Å². The smallest absolute Gasteiger partial charge is 0.242 e. The van der Waals surface area contributed by atoms with Crippen molar-refractivity contribution < 1.29 is 9.59 Å². The Morgan fingerprint density at radius 3 is 2.44 bits per heavy atom. The lowest BCUT2D eigenvalue weighted by Gasteiger charge is -2.17. The van der Waals surface area contributed by atoms with Gasteiger partial charge in [0.25, 0.3) is 0 Å². The monoisotopic (exact) mass is 369 g/mol. The van der Waals surface area contributed by atoms with Crippen LogP contribution in [0.2, 0.25) is 0 Å². The van der Waals surface area contributed by atoms with Gasteiger partial charge in [0.1, 0.15) is 11.9 Å². The van der Waals surface area contributed by atoms with Crippen molar-refractivity contribution in [2.24, 2.45) is 5.73 Å². The van der Waals surface area contributed by atoms with Crippen molar-refractivity contribution in [3.05, 3.63) is 59.8 Å². The minimum atomic E-state index is -0.652. The van der Waals surface area contributed by atoms with E-state index in [-0.39, 0.29) is 11.8 Å². The van der Waals surface area contributed by atoms with E-state index >= 15 is 0 Å². The first-order chi connectivity index (χ1) is 13.0. The highest BCUT2D eigenvalue weighted by Gasteiger charge is 2.19. The molecule has 0 aliphatic rings. The number of amides is 2. The number of nitrogens with two attached hydrogens (primary N) is 2. The SMILES string of the molecule is CC(NC(=O)C(N)CCc1ccccc1)C(=O)NCCc1ccc(N)nc1. The number of carbonyl (C=O) groups is 2. The number of nitrogen functional groups attached to an aromatic ring is 1. The number of nitrogens with one attached hydrogen (secondary N) is 2. The van der Waals surface area contributed by atoms with E-state index in [0.717, 1.165) is 11.1 Å². The summed E-state index contributed by atoms with van der Waals surface area (Å²) >= 11 is 0. The number of carbonyl (C=O) groups excluding carboxylic acids is 2. The number of benzene rings is 1. The molecule has 1 aromatic heterocycles. The van der Waals surface area contributed by atoms with E-state index in [1.807, 2.05) is 36.4 Å². The van der Waals surface area contributed by atoms with Crippen LogP contribution in [0.5, 0.6) is 0 Å². The molecule has 0 radical (unpaired) electrons. The minimum Gasteiger partial charge on any atom is -0.384 e. The summed E-state index contributed by atoms with van der Waals surface area (Å²) in [6.07, 6.45) is 3.55. The summed E-state index contributed by atoms with van der Waals surface area (Å²) in [5.41, 5.74) is 13.6. The van der Waals surface area contributed by atoms with Crippen LogP contribution < -0.4 is 22.1 Å². The predicted octanol–water partition coefficient (Wildman–Crippen LogP) is 0.787. The fraction of sp³-hybridized carbons (Fsp3) is 0.350. The van der Waals surface area contributed by atoms with Gasteiger partial charge in [-0.3, -0.25) is 9.59 Å². The summed E-state index contributed by atoms with van der Waals surface area (Å²) in [6, 6.07) is 12.1. The van der Waals surface area contributed by atoms with Gasteiger partial charge in [0, 0.05) is 12.7 Å². The third kappa shape index (κ3) is 7.07. The lowest BCUT2D eigenvalue weighted by atomic mass is 10.1. The van der Waals surface area contributed by atoms with Crippen molar-refractivity contribution in [3.63, 3.8) is 0 Å². The topological polar surface area (TPSA) is 123 Å². The Hall–Kier alpha value is -2.93. The largest absolute Gasteiger partial charge is 0.384 e. The van der Waals surface area contributed by atoms with Crippen molar-refractivity contribution in [1.82, 2.24) is 15.6 Å². The summed E-state index contributed by atoms with van der Waals surface area (Å²) in [4.78, 5) is 28.3. The standard InChI is InChI=1S/C20H27N5O2/c1-14(19(26)23-12-11-16-8-10-18(22)24-13-16)25-20(27)17(21)9-7-15-5-3-2-4-6-15/h2-6,8,10,13-14,17H,7,9,11-12,21H2,1H3,(H2,22,24)(H,23,26)(H,25,27). The molecule has 1 heterocycles. The van der Waals surface area contributed by atoms with Gasteiger partial charge in [0.2, 0.25) is 11.8 Å². The van der Waals surface area contributed by atoms with Crippen LogP contribution >= 0.6 is 0 Å². The van der Waals surface area contributed by atoms with Gasteiger partial charge in [-0.2, -0.15) is 0 Å². The molecular formula is C20H27N5O2. The van der Waals surface area contributed by atoms with Crippen molar-refractivity contribution >= 4 is 17.6 Å². The van der Waals surface area contributed by atoms with E-state index in [1.165, 1.54) is 0 Å². The van der Waals surface area contributed by atoms with Crippen molar-refractivity contribution in [1.29, 1.82) is 0 Å². The van der Waals surface area contributed by atoms with Gasteiger partial charge in [0.15, 0.2) is 0 Å². The van der Waals surface area contributed by atoms with Gasteiger partial charge in [-0.1, -0.05) is 36.4 Å². The van der Waals surface area contributed by atoms with Crippen molar-refractivity contribution in [3.8, 4) is 0 Å². The third-order valence-electron chi connectivity index (χ3n) is 4.24. The van der Waals surface area contributed by atoms with Crippen LogP contribution in [-0.4, -0.2) is 35.4 Å². The van der Waals surface area contributed by atoms with E-state index in [1.54, 1.807) is 19.2 Å². The van der Waals surface area contributed by atoms with Crippen LogP contribution in [0.4, 0.5) is 5.82 Å². The molecule has 2 amide bonds. The Labute approximate surface area is 159 Å². The molecule has 0 aliphatic heterocycles. The van der Waals surface area contributed by atoms with Crippen LogP contribution in [0.3, 0.4) is 0 Å². The predicted molar refractivity (Wildman–Crippen MR) is 106 cm³/mol. The molecule has 0 saturated heterocycles. The molecular weight excluding hydrogens is 342 g/mol. The normalized spacial score (nSPS) is 12.8. The van der Waals surface area contributed by atoms with Gasteiger partial charge in [-0.15, -0.1) is 0 Å². The van der Waals surface area contributed by atoms with Gasteiger partial charge >= 0.3 is 0 Å². The maximum absolute atomic E-state index is 12.2. The van der Waals surface area contributed by atoms with Crippen molar-refractivity contribution in [2.75, 3.05) is 12.3 Å². The van der Waals surface area contributed by atoms with Gasteiger partial charge < -0.3 is 22.1 Å². The summed E-state index contributed by atoms with van der Waals surface area (Å²) < 4.78 is 0. The summed E-state index contributed by atoms with van der Waals surface area (Å²) in [6.45, 7) is 2.09. The van der Waals surface area contributed by atoms with Crippen LogP contribution in [-0.2, 0) is 22.4 Å². The summed E-state index contributed by atoms with van der Waals surface area (Å²) in [5, 5.41) is 5.46. The van der Waals surface area contributed by atoms with Crippen LogP contribution in [0.15, 0.2) is 48.7 Å². The lowest BCUT2D eigenvalue weighted by molar-refractivity contribution is -0.129. The first-order valence-corrected chi connectivity index (χ1v) is 9.03. The fourth-order valence-corrected chi connectivity index (χ4v) is 2.55. The Kier molecular flexibility index (Phi) is 7.76. The molecule has 2 aromatic rings. The average Bonchev–Trinajstić information content (AvgIpc) is 2.68. The highest BCUT2D eigenvalue weighted by Crippen LogP contribution is 2.04. The summed E-state index contributed by atoms with van der Waals surface area (Å²) in [5.74, 6) is -0.110. The van der Waals surface area contributed by atoms with E-state index in [9.17, 15) is 9.59 Å². The number of rotatable bonds is 9. The second-order valence-corrected chi connectivity index (χ2v) is 6.49. The zero-order valence-electron chi connectivity index (χ0n) is 15.5. The zero-order valence-corrected chi connectivity index (χ0v) is 15.5. The molecule has 0 fully saturated rings. The second-order valence-electron chi connectivity index (χ2n) is 6.49. The Morgan fingerprint density at radius 1 is 1.04 bits per heavy atom. The molecule has 2 unspecified atom stereocenters. The molecule has 0 aliphatic carbocycles. The quantitative estimate of drug-likeness (QED) is 0.520. The molecule has 0 bridgehead atoms. The molecule has 7 nitrogen and oxygen atoms in total. The Bertz CT molecular complexity index is 734. The number of hydrogen-bond donors (Lipinski definition) is 4. The van der Waals surface area contributed by atoms with Crippen LogP contribution in [0, 0.1) is 0 Å². The third-order valence-corrected chi connectivity index (χ3v) is 4.24. The van der Waals surface area contributed by atoms with E-state index < -0.39 is 12.1 Å². The number of aryl methyl sites for hydroxylation is 1. The molecule has 1 aromatic carbocycles. The number of anilines is 1. The average molecular weight is 369 g/mol. The molecule has 144 valence electrons. The summed E-state index contributed by atoms with van der Waals surface area (Å²) in [7, 11) is 0. The van der Waals surface area contributed by atoms with Crippen LogP contribution in [0.1, 0.15) is 24.5 Å². The maximum atomic E-state index is 12.2. The van der Waals surface area contributed by atoms with E-state index in [2.05, 4.69) is 15.6 Å². The van der Waals surface area contributed by atoms with Gasteiger partial charge in [-0.05, 0) is 43.4 Å². The molecule has 2 rings (SSSR count). The molecule has 0 spiro atoms. The number of pyridine rings is 1. The number of hydrogen-bond acceptors (Lipinski definition) is 5. The fourth-order valence-electron chi connectivity index (χ4n) is 2.55. The van der Waals surface area contributed by atoms with E-state index in [4.69, 9.17) is 11.5 Å². The van der Waals surface area contributed by atoms with E-state index in [0.29, 0.717) is 31.6 Å². The van der Waals surface area contributed by atoms with Crippen LogP contribution in [0.25, 0.3) is 0 Å². The molecule has 2 atom stereocenters. The first kappa shape index (κ1) is 20.4. The Morgan fingerprint density at radius 2 is 1.78 bits per heavy atom. The number of aromatic nitrogens is 1.